The summed E-state index contributed by atoms with van der Waals surface area (Å²) in [6.07, 6.45) is 5.32. The van der Waals surface area contributed by atoms with E-state index in [1.807, 2.05) is 0 Å². The largest absolute Gasteiger partial charge is 0.399 e. The molecule has 0 atom stereocenters. The highest BCUT2D eigenvalue weighted by Gasteiger charge is 2.26. The van der Waals surface area contributed by atoms with Crippen molar-refractivity contribution in [2.24, 2.45) is 0 Å². The van der Waals surface area contributed by atoms with Crippen molar-refractivity contribution in [1.29, 1.82) is 0 Å². The van der Waals surface area contributed by atoms with E-state index in [-0.39, 0.29) is 6.04 Å². The second-order valence-corrected chi connectivity index (χ2v) is 5.81. The van der Waals surface area contributed by atoms with Gasteiger partial charge in [-0.25, -0.2) is 0 Å². The number of likely N-dealkylation sites (N-methyl/N-ethyl adjacent to an activating group) is 1. The number of nitrogen functional groups attached to an aromatic ring is 1. The van der Waals surface area contributed by atoms with Crippen LogP contribution in [-0.2, 0) is 9.59 Å². The molecule has 1 aromatic carbocycles. The average Bonchev–Trinajstić information content (AvgIpc) is 2.49. The highest BCUT2D eigenvalue weighted by Crippen LogP contribution is 2.25. The molecule has 2 amide bonds. The lowest BCUT2D eigenvalue weighted by atomic mass is 9.94. The van der Waals surface area contributed by atoms with E-state index in [1.54, 1.807) is 24.1 Å². The van der Waals surface area contributed by atoms with Crippen molar-refractivity contribution < 1.29 is 9.59 Å². The van der Waals surface area contributed by atoms with Gasteiger partial charge in [0.1, 0.15) is 0 Å². The summed E-state index contributed by atoms with van der Waals surface area (Å²) >= 11 is 5.99. The Morgan fingerprint density at radius 1 is 1.29 bits per heavy atom. The molecule has 0 radical (unpaired) electrons. The van der Waals surface area contributed by atoms with Gasteiger partial charge >= 0.3 is 11.8 Å². The molecule has 0 unspecified atom stereocenters. The summed E-state index contributed by atoms with van der Waals surface area (Å²) in [6, 6.07) is 4.89. The molecule has 0 aromatic heterocycles. The van der Waals surface area contributed by atoms with E-state index in [4.69, 9.17) is 17.3 Å². The minimum Gasteiger partial charge on any atom is -0.399 e. The molecule has 6 heteroatoms. The van der Waals surface area contributed by atoms with Crippen LogP contribution in [0.3, 0.4) is 0 Å². The first kappa shape index (κ1) is 15.6. The molecule has 5 nitrogen and oxygen atoms in total. The first-order chi connectivity index (χ1) is 9.99. The quantitative estimate of drug-likeness (QED) is 0.651. The van der Waals surface area contributed by atoms with Crippen LogP contribution in [0.25, 0.3) is 0 Å². The predicted molar refractivity (Wildman–Crippen MR) is 84.1 cm³/mol. The van der Waals surface area contributed by atoms with Crippen LogP contribution in [0.15, 0.2) is 18.2 Å². The highest BCUT2D eigenvalue weighted by molar-refractivity contribution is 6.41. The number of hydrogen-bond donors (Lipinski definition) is 2. The van der Waals surface area contributed by atoms with E-state index < -0.39 is 11.8 Å². The van der Waals surface area contributed by atoms with Crippen LogP contribution in [0.5, 0.6) is 0 Å². The van der Waals surface area contributed by atoms with Crippen molar-refractivity contribution in [2.75, 3.05) is 18.1 Å². The summed E-state index contributed by atoms with van der Waals surface area (Å²) in [4.78, 5) is 25.8. The average molecular weight is 310 g/mol. The third kappa shape index (κ3) is 3.88. The summed E-state index contributed by atoms with van der Waals surface area (Å²) in [5.74, 6) is -1.20. The number of nitrogens with two attached hydrogens (primary N) is 1. The predicted octanol–water partition coefficient (Wildman–Crippen LogP) is 2.65. The van der Waals surface area contributed by atoms with Crippen LogP contribution in [0, 0.1) is 0 Å². The monoisotopic (exact) mass is 309 g/mol. The standard InChI is InChI=1S/C15H20ClN3O2/c1-19(11-5-3-2-4-6-11)15(21)14(20)18-13-8-7-10(17)9-12(13)16/h7-9,11H,2-6,17H2,1H3,(H,18,20). The Morgan fingerprint density at radius 2 is 1.95 bits per heavy atom. The number of anilines is 2. The molecule has 0 saturated heterocycles. The molecule has 0 aliphatic heterocycles. The van der Waals surface area contributed by atoms with Gasteiger partial charge in [0.15, 0.2) is 0 Å². The number of hydrogen-bond acceptors (Lipinski definition) is 3. The molecular formula is C15H20ClN3O2. The fraction of sp³-hybridized carbons (Fsp3) is 0.467. The maximum atomic E-state index is 12.2. The van der Waals surface area contributed by atoms with E-state index >= 15 is 0 Å². The van der Waals surface area contributed by atoms with E-state index in [9.17, 15) is 9.59 Å². The van der Waals surface area contributed by atoms with Crippen molar-refractivity contribution >= 4 is 34.8 Å². The van der Waals surface area contributed by atoms with E-state index in [1.165, 1.54) is 12.5 Å². The molecule has 2 rings (SSSR count). The van der Waals surface area contributed by atoms with Crippen LogP contribution in [0.4, 0.5) is 11.4 Å². The number of nitrogens with one attached hydrogen (secondary N) is 1. The van der Waals surface area contributed by atoms with Gasteiger partial charge in [0, 0.05) is 18.8 Å². The summed E-state index contributed by atoms with van der Waals surface area (Å²) in [5, 5.41) is 2.86. The van der Waals surface area contributed by atoms with Crippen molar-refractivity contribution in [3.05, 3.63) is 23.2 Å². The van der Waals surface area contributed by atoms with Crippen LogP contribution in [0.1, 0.15) is 32.1 Å². The summed E-state index contributed by atoms with van der Waals surface area (Å²) in [5.41, 5.74) is 6.48. The number of amides is 2. The van der Waals surface area contributed by atoms with Crippen LogP contribution in [-0.4, -0.2) is 29.8 Å². The van der Waals surface area contributed by atoms with Gasteiger partial charge in [0.05, 0.1) is 10.7 Å². The number of halogens is 1. The van der Waals surface area contributed by atoms with Gasteiger partial charge in [-0.3, -0.25) is 9.59 Å². The Labute approximate surface area is 129 Å². The number of rotatable bonds is 2. The second kappa shape index (κ2) is 6.80. The SMILES string of the molecule is CN(C(=O)C(=O)Nc1ccc(N)cc1Cl)C1CCCCC1. The van der Waals surface area contributed by atoms with Gasteiger partial charge < -0.3 is 16.0 Å². The Kier molecular flexibility index (Phi) is 5.07. The normalized spacial score (nSPS) is 15.5. The Morgan fingerprint density at radius 3 is 2.57 bits per heavy atom. The molecule has 0 spiro atoms. The lowest BCUT2D eigenvalue weighted by Crippen LogP contribution is -2.44. The smallest absolute Gasteiger partial charge is 0.313 e. The van der Waals surface area contributed by atoms with Crippen LogP contribution < -0.4 is 11.1 Å². The fourth-order valence-corrected chi connectivity index (χ4v) is 2.84. The van der Waals surface area contributed by atoms with Crippen LogP contribution in [0.2, 0.25) is 5.02 Å². The number of nitrogens with zero attached hydrogens (tertiary/aromatic N) is 1. The molecule has 1 aromatic rings. The minimum absolute atomic E-state index is 0.152. The van der Waals surface area contributed by atoms with Crippen molar-refractivity contribution in [1.82, 2.24) is 4.90 Å². The minimum atomic E-state index is -0.672. The first-order valence-corrected chi connectivity index (χ1v) is 7.50. The van der Waals surface area contributed by atoms with Crippen LogP contribution >= 0.6 is 11.6 Å². The van der Waals surface area contributed by atoms with Gasteiger partial charge in [-0.05, 0) is 31.0 Å². The lowest BCUT2D eigenvalue weighted by molar-refractivity contribution is -0.144. The molecule has 0 heterocycles. The molecule has 1 fully saturated rings. The third-order valence-corrected chi connectivity index (χ3v) is 4.19. The lowest BCUT2D eigenvalue weighted by Gasteiger charge is -2.30. The first-order valence-electron chi connectivity index (χ1n) is 7.12. The molecule has 21 heavy (non-hydrogen) atoms. The fourth-order valence-electron chi connectivity index (χ4n) is 2.60. The highest BCUT2D eigenvalue weighted by atomic mass is 35.5. The molecule has 0 bridgehead atoms. The van der Waals surface area contributed by atoms with Crippen molar-refractivity contribution in [3.8, 4) is 0 Å². The number of carbonyl (C=O) groups is 2. The molecule has 114 valence electrons. The number of carbonyl (C=O) groups excluding carboxylic acids is 2. The van der Waals surface area contributed by atoms with Gasteiger partial charge in [0.2, 0.25) is 0 Å². The van der Waals surface area contributed by atoms with E-state index in [2.05, 4.69) is 5.32 Å². The van der Waals surface area contributed by atoms with Crippen molar-refractivity contribution in [2.45, 2.75) is 38.1 Å². The summed E-state index contributed by atoms with van der Waals surface area (Å²) in [6.45, 7) is 0. The van der Waals surface area contributed by atoms with Gasteiger partial charge in [-0.2, -0.15) is 0 Å². The van der Waals surface area contributed by atoms with Gasteiger partial charge in [-0.1, -0.05) is 30.9 Å². The zero-order valence-corrected chi connectivity index (χ0v) is 12.8. The zero-order valence-electron chi connectivity index (χ0n) is 12.1. The maximum absolute atomic E-state index is 12.2. The Hall–Kier alpha value is -1.75. The zero-order chi connectivity index (χ0) is 15.4. The molecule has 1 aliphatic rings. The Bertz CT molecular complexity index is 542. The second-order valence-electron chi connectivity index (χ2n) is 5.40. The third-order valence-electron chi connectivity index (χ3n) is 3.88. The maximum Gasteiger partial charge on any atom is 0.313 e. The topological polar surface area (TPSA) is 75.4 Å². The van der Waals surface area contributed by atoms with Gasteiger partial charge in [0.25, 0.3) is 0 Å². The Balaban J connectivity index is 2.00. The van der Waals surface area contributed by atoms with E-state index in [0.29, 0.717) is 16.4 Å². The van der Waals surface area contributed by atoms with Gasteiger partial charge in [-0.15, -0.1) is 0 Å². The summed E-state index contributed by atoms with van der Waals surface area (Å²) < 4.78 is 0. The van der Waals surface area contributed by atoms with Crippen molar-refractivity contribution in [3.63, 3.8) is 0 Å². The molecule has 1 saturated carbocycles. The number of benzene rings is 1. The molecule has 3 N–H and O–H groups in total. The van der Waals surface area contributed by atoms with E-state index in [0.717, 1.165) is 25.7 Å². The summed E-state index contributed by atoms with van der Waals surface area (Å²) in [7, 11) is 1.68. The molecular weight excluding hydrogens is 290 g/mol. The molecule has 1 aliphatic carbocycles.